The standard InChI is InChI=1S/C15H28N2O4S/c1-2-13(18)11-16-7-9-17(10-8-16)15(19)12-22(20,21)14-5-3-4-6-14/h13-14,18H,2-12H2,1H3/t13-/m1/s1. The van der Waals surface area contributed by atoms with E-state index < -0.39 is 9.84 Å². The first-order valence-electron chi connectivity index (χ1n) is 8.32. The van der Waals surface area contributed by atoms with Crippen molar-refractivity contribution in [2.75, 3.05) is 38.5 Å². The van der Waals surface area contributed by atoms with E-state index in [1.54, 1.807) is 4.90 Å². The number of sulfone groups is 1. The Bertz CT molecular complexity index is 466. The molecule has 1 saturated heterocycles. The van der Waals surface area contributed by atoms with Crippen molar-refractivity contribution in [2.24, 2.45) is 0 Å². The predicted octanol–water partition coefficient (Wildman–Crippen LogP) is 0.259. The van der Waals surface area contributed by atoms with Crippen LogP contribution in [-0.4, -0.2) is 79.1 Å². The molecule has 0 aromatic rings. The van der Waals surface area contributed by atoms with Crippen molar-refractivity contribution >= 4 is 15.7 Å². The quantitative estimate of drug-likeness (QED) is 0.755. The van der Waals surface area contributed by atoms with Crippen molar-refractivity contribution in [3.63, 3.8) is 0 Å². The van der Waals surface area contributed by atoms with Gasteiger partial charge >= 0.3 is 0 Å². The van der Waals surface area contributed by atoms with Gasteiger partial charge < -0.3 is 10.0 Å². The molecule has 2 fully saturated rings. The molecule has 0 aromatic carbocycles. The number of β-amino-alcohol motifs (C(OH)–C–C–N with tert-alkyl or cyclic N) is 1. The number of amides is 1. The van der Waals surface area contributed by atoms with Crippen LogP contribution in [-0.2, 0) is 14.6 Å². The van der Waals surface area contributed by atoms with Gasteiger partial charge in [-0.2, -0.15) is 0 Å². The highest BCUT2D eigenvalue weighted by molar-refractivity contribution is 7.92. The van der Waals surface area contributed by atoms with E-state index in [2.05, 4.69) is 4.90 Å². The van der Waals surface area contributed by atoms with Gasteiger partial charge in [0.1, 0.15) is 5.75 Å². The van der Waals surface area contributed by atoms with E-state index in [0.29, 0.717) is 45.6 Å². The van der Waals surface area contributed by atoms with E-state index in [1.807, 2.05) is 6.92 Å². The molecule has 0 bridgehead atoms. The highest BCUT2D eigenvalue weighted by Gasteiger charge is 2.33. The molecule has 1 saturated carbocycles. The van der Waals surface area contributed by atoms with Gasteiger partial charge in [-0.1, -0.05) is 19.8 Å². The minimum Gasteiger partial charge on any atom is -0.392 e. The second kappa shape index (κ2) is 7.75. The zero-order chi connectivity index (χ0) is 16.2. The van der Waals surface area contributed by atoms with Gasteiger partial charge in [-0.05, 0) is 19.3 Å². The summed E-state index contributed by atoms with van der Waals surface area (Å²) in [5.41, 5.74) is 0. The van der Waals surface area contributed by atoms with Crippen molar-refractivity contribution in [3.05, 3.63) is 0 Å². The molecule has 128 valence electrons. The molecule has 1 heterocycles. The molecule has 7 heteroatoms. The molecule has 1 atom stereocenters. The van der Waals surface area contributed by atoms with Crippen LogP contribution in [0.3, 0.4) is 0 Å². The molecule has 22 heavy (non-hydrogen) atoms. The normalized spacial score (nSPS) is 22.9. The van der Waals surface area contributed by atoms with Crippen molar-refractivity contribution in [3.8, 4) is 0 Å². The smallest absolute Gasteiger partial charge is 0.237 e. The number of aliphatic hydroxyl groups excluding tert-OH is 1. The lowest BCUT2D eigenvalue weighted by molar-refractivity contribution is -0.130. The minimum atomic E-state index is -3.29. The lowest BCUT2D eigenvalue weighted by Gasteiger charge is -2.35. The van der Waals surface area contributed by atoms with E-state index >= 15 is 0 Å². The molecule has 0 unspecified atom stereocenters. The third-order valence-electron chi connectivity index (χ3n) is 4.80. The summed E-state index contributed by atoms with van der Waals surface area (Å²) in [4.78, 5) is 16.0. The van der Waals surface area contributed by atoms with Crippen molar-refractivity contribution < 1.29 is 18.3 Å². The molecule has 2 aliphatic rings. The van der Waals surface area contributed by atoms with E-state index in [9.17, 15) is 18.3 Å². The SMILES string of the molecule is CC[C@@H](O)CN1CCN(C(=O)CS(=O)(=O)C2CCCC2)CC1. The maximum atomic E-state index is 12.2. The summed E-state index contributed by atoms with van der Waals surface area (Å²) < 4.78 is 24.5. The Morgan fingerprint density at radius 1 is 1.18 bits per heavy atom. The zero-order valence-electron chi connectivity index (χ0n) is 13.4. The van der Waals surface area contributed by atoms with Crippen LogP contribution in [0.1, 0.15) is 39.0 Å². The van der Waals surface area contributed by atoms with Crippen molar-refractivity contribution in [1.29, 1.82) is 0 Å². The molecular formula is C15H28N2O4S. The Morgan fingerprint density at radius 2 is 1.77 bits per heavy atom. The maximum Gasteiger partial charge on any atom is 0.237 e. The summed E-state index contributed by atoms with van der Waals surface area (Å²) in [6.45, 7) is 5.07. The van der Waals surface area contributed by atoms with Gasteiger partial charge in [0.2, 0.25) is 5.91 Å². The van der Waals surface area contributed by atoms with Gasteiger partial charge in [0.25, 0.3) is 0 Å². The van der Waals surface area contributed by atoms with Crippen LogP contribution in [0.25, 0.3) is 0 Å². The number of hydrogen-bond donors (Lipinski definition) is 1. The average Bonchev–Trinajstić information content (AvgIpc) is 3.02. The van der Waals surface area contributed by atoms with Gasteiger partial charge in [-0.3, -0.25) is 9.69 Å². The third-order valence-corrected chi connectivity index (χ3v) is 6.94. The van der Waals surface area contributed by atoms with Gasteiger partial charge in [0.15, 0.2) is 9.84 Å². The Hall–Kier alpha value is -0.660. The number of aliphatic hydroxyl groups is 1. The van der Waals surface area contributed by atoms with Crippen LogP contribution < -0.4 is 0 Å². The van der Waals surface area contributed by atoms with Gasteiger partial charge in [-0.15, -0.1) is 0 Å². The highest BCUT2D eigenvalue weighted by Crippen LogP contribution is 2.25. The number of carbonyl (C=O) groups excluding carboxylic acids is 1. The summed E-state index contributed by atoms with van der Waals surface area (Å²) in [7, 11) is -3.29. The van der Waals surface area contributed by atoms with E-state index in [0.717, 1.165) is 19.3 Å². The van der Waals surface area contributed by atoms with E-state index in [4.69, 9.17) is 0 Å². The Kier molecular flexibility index (Phi) is 6.23. The number of piperazine rings is 1. The average molecular weight is 332 g/mol. The molecule has 1 amide bonds. The van der Waals surface area contributed by atoms with Crippen LogP contribution in [0, 0.1) is 0 Å². The Labute approximate surface area is 133 Å². The first kappa shape index (κ1) is 17.7. The Balaban J connectivity index is 1.80. The summed E-state index contributed by atoms with van der Waals surface area (Å²) in [6, 6.07) is 0. The molecule has 1 aliphatic heterocycles. The highest BCUT2D eigenvalue weighted by atomic mass is 32.2. The first-order valence-corrected chi connectivity index (χ1v) is 10.0. The lowest BCUT2D eigenvalue weighted by Crippen LogP contribution is -2.51. The van der Waals surface area contributed by atoms with Crippen LogP contribution in [0.4, 0.5) is 0 Å². The fraction of sp³-hybridized carbons (Fsp3) is 0.933. The topological polar surface area (TPSA) is 77.9 Å². The number of rotatable bonds is 6. The monoisotopic (exact) mass is 332 g/mol. The fourth-order valence-electron chi connectivity index (χ4n) is 3.24. The van der Waals surface area contributed by atoms with Crippen LogP contribution in [0.2, 0.25) is 0 Å². The van der Waals surface area contributed by atoms with Crippen LogP contribution in [0.5, 0.6) is 0 Å². The Morgan fingerprint density at radius 3 is 2.32 bits per heavy atom. The molecule has 0 spiro atoms. The number of nitrogens with zero attached hydrogens (tertiary/aromatic N) is 2. The predicted molar refractivity (Wildman–Crippen MR) is 85.4 cm³/mol. The molecule has 0 radical (unpaired) electrons. The molecule has 1 N–H and O–H groups in total. The molecule has 6 nitrogen and oxygen atoms in total. The second-order valence-electron chi connectivity index (χ2n) is 6.46. The summed E-state index contributed by atoms with van der Waals surface area (Å²) in [6.07, 6.45) is 3.72. The summed E-state index contributed by atoms with van der Waals surface area (Å²) >= 11 is 0. The minimum absolute atomic E-state index is 0.261. The van der Waals surface area contributed by atoms with E-state index in [1.165, 1.54) is 0 Å². The number of carbonyl (C=O) groups is 1. The molecular weight excluding hydrogens is 304 g/mol. The van der Waals surface area contributed by atoms with Gasteiger partial charge in [-0.25, -0.2) is 8.42 Å². The van der Waals surface area contributed by atoms with E-state index in [-0.39, 0.29) is 23.0 Å². The molecule has 1 aliphatic carbocycles. The fourth-order valence-corrected chi connectivity index (χ4v) is 5.05. The second-order valence-corrected chi connectivity index (χ2v) is 8.74. The zero-order valence-corrected chi connectivity index (χ0v) is 14.2. The lowest BCUT2D eigenvalue weighted by atomic mass is 10.2. The maximum absolute atomic E-state index is 12.2. The number of hydrogen-bond acceptors (Lipinski definition) is 5. The van der Waals surface area contributed by atoms with Gasteiger partial charge in [0, 0.05) is 32.7 Å². The first-order chi connectivity index (χ1) is 10.4. The van der Waals surface area contributed by atoms with Gasteiger partial charge in [0.05, 0.1) is 11.4 Å². The largest absolute Gasteiger partial charge is 0.392 e. The molecule has 0 aromatic heterocycles. The molecule has 2 rings (SSSR count). The van der Waals surface area contributed by atoms with Crippen LogP contribution in [0.15, 0.2) is 0 Å². The van der Waals surface area contributed by atoms with Crippen LogP contribution >= 0.6 is 0 Å². The van der Waals surface area contributed by atoms with Crippen molar-refractivity contribution in [1.82, 2.24) is 9.80 Å². The summed E-state index contributed by atoms with van der Waals surface area (Å²) in [5.74, 6) is -0.600. The summed E-state index contributed by atoms with van der Waals surface area (Å²) in [5, 5.41) is 9.35. The van der Waals surface area contributed by atoms with Crippen molar-refractivity contribution in [2.45, 2.75) is 50.4 Å². The third kappa shape index (κ3) is 4.67.